The normalized spacial score (nSPS) is 21.7. The lowest BCUT2D eigenvalue weighted by Crippen LogP contribution is -2.39. The number of Topliss-reactive ketones (excluding diaryl/α,β-unsaturated/α-hetero) is 1. The lowest BCUT2D eigenvalue weighted by Gasteiger charge is -2.23. The molecule has 2 aliphatic heterocycles. The van der Waals surface area contributed by atoms with Crippen LogP contribution in [0.25, 0.3) is 6.08 Å². The molecule has 0 radical (unpaired) electrons. The molecule has 8 heteroatoms. The Bertz CT molecular complexity index is 780. The number of ether oxygens (including phenoxy) is 1. The summed E-state index contributed by atoms with van der Waals surface area (Å²) in [5, 5.41) is 3.38. The SMILES string of the molecule is COCC(=O)N[C@H]1CCN(c2c(Cl)cccc2/C=C2\SC(=O)CC2=O)C1. The molecule has 1 N–H and O–H groups in total. The van der Waals surface area contributed by atoms with E-state index in [-0.39, 0.29) is 35.9 Å². The zero-order valence-corrected chi connectivity index (χ0v) is 15.9. The van der Waals surface area contributed by atoms with Crippen LogP contribution in [0.4, 0.5) is 5.69 Å². The Hall–Kier alpha value is -1.83. The molecule has 6 nitrogen and oxygen atoms in total. The van der Waals surface area contributed by atoms with Crippen molar-refractivity contribution in [2.75, 3.05) is 31.7 Å². The molecule has 0 bridgehead atoms. The molecule has 0 unspecified atom stereocenters. The maximum atomic E-state index is 11.9. The van der Waals surface area contributed by atoms with Crippen molar-refractivity contribution >= 4 is 51.9 Å². The monoisotopic (exact) mass is 394 g/mol. The summed E-state index contributed by atoms with van der Waals surface area (Å²) < 4.78 is 4.84. The Labute approximate surface area is 160 Å². The number of allylic oxidation sites excluding steroid dienone is 1. The van der Waals surface area contributed by atoms with Gasteiger partial charge >= 0.3 is 0 Å². The Kier molecular flexibility index (Phi) is 6.01. The summed E-state index contributed by atoms with van der Waals surface area (Å²) in [6, 6.07) is 5.50. The summed E-state index contributed by atoms with van der Waals surface area (Å²) in [5.74, 6) is -0.302. The van der Waals surface area contributed by atoms with E-state index in [1.165, 1.54) is 7.11 Å². The van der Waals surface area contributed by atoms with Crippen LogP contribution in [0, 0.1) is 0 Å². The van der Waals surface area contributed by atoms with Crippen LogP contribution >= 0.6 is 23.4 Å². The zero-order valence-electron chi connectivity index (χ0n) is 14.3. The molecule has 1 amide bonds. The number of benzene rings is 1. The highest BCUT2D eigenvalue weighted by atomic mass is 35.5. The predicted molar refractivity (Wildman–Crippen MR) is 102 cm³/mol. The molecular weight excluding hydrogens is 376 g/mol. The lowest BCUT2D eigenvalue weighted by atomic mass is 10.1. The van der Waals surface area contributed by atoms with Gasteiger partial charge in [0.2, 0.25) is 11.0 Å². The van der Waals surface area contributed by atoms with Crippen LogP contribution in [0.3, 0.4) is 0 Å². The number of carbonyl (C=O) groups is 3. The molecule has 138 valence electrons. The van der Waals surface area contributed by atoms with Gasteiger partial charge in [-0.2, -0.15) is 0 Å². The number of para-hydroxylation sites is 1. The maximum Gasteiger partial charge on any atom is 0.246 e. The van der Waals surface area contributed by atoms with Gasteiger partial charge in [0.25, 0.3) is 0 Å². The van der Waals surface area contributed by atoms with Gasteiger partial charge < -0.3 is 15.0 Å². The van der Waals surface area contributed by atoms with Crippen LogP contribution in [-0.2, 0) is 19.1 Å². The zero-order chi connectivity index (χ0) is 18.7. The number of halogens is 1. The third-order valence-electron chi connectivity index (χ3n) is 4.25. The van der Waals surface area contributed by atoms with E-state index < -0.39 is 0 Å². The first kappa shape index (κ1) is 18.9. The van der Waals surface area contributed by atoms with Gasteiger partial charge in [-0.05, 0) is 30.3 Å². The predicted octanol–water partition coefficient (Wildman–Crippen LogP) is 2.25. The molecule has 1 aromatic carbocycles. The smallest absolute Gasteiger partial charge is 0.246 e. The fourth-order valence-electron chi connectivity index (χ4n) is 3.15. The number of ketones is 1. The molecular formula is C18H19ClN2O4S. The van der Waals surface area contributed by atoms with Crippen molar-refractivity contribution in [3.63, 3.8) is 0 Å². The number of hydrogen-bond donors (Lipinski definition) is 1. The van der Waals surface area contributed by atoms with Gasteiger partial charge in [0.1, 0.15) is 6.61 Å². The van der Waals surface area contributed by atoms with Gasteiger partial charge in [-0.1, -0.05) is 23.7 Å². The minimum atomic E-state index is -0.156. The van der Waals surface area contributed by atoms with Crippen molar-refractivity contribution < 1.29 is 19.1 Å². The third kappa shape index (κ3) is 4.28. The van der Waals surface area contributed by atoms with Gasteiger partial charge in [-0.15, -0.1) is 0 Å². The highest BCUT2D eigenvalue weighted by Crippen LogP contribution is 2.37. The van der Waals surface area contributed by atoms with Crippen LogP contribution < -0.4 is 10.2 Å². The quantitative estimate of drug-likeness (QED) is 0.609. The average molecular weight is 395 g/mol. The number of carbonyl (C=O) groups excluding carboxylic acids is 3. The molecule has 3 rings (SSSR count). The summed E-state index contributed by atoms with van der Waals surface area (Å²) >= 11 is 7.41. The second-order valence-corrected chi connectivity index (χ2v) is 7.70. The lowest BCUT2D eigenvalue weighted by molar-refractivity contribution is -0.125. The standard InChI is InChI=1S/C18H19ClN2O4S/c1-25-10-16(23)20-12-5-6-21(9-12)18-11(3-2-4-13(18)19)7-15-14(22)8-17(24)26-15/h2-4,7,12H,5-6,8-10H2,1H3,(H,20,23)/b15-7-/t12-/m0/s1. The molecule has 0 saturated carbocycles. The number of thioether (sulfide) groups is 1. The molecule has 1 atom stereocenters. The highest BCUT2D eigenvalue weighted by molar-refractivity contribution is 8.18. The fourth-order valence-corrected chi connectivity index (χ4v) is 4.27. The largest absolute Gasteiger partial charge is 0.375 e. The van der Waals surface area contributed by atoms with E-state index in [9.17, 15) is 14.4 Å². The highest BCUT2D eigenvalue weighted by Gasteiger charge is 2.29. The molecule has 26 heavy (non-hydrogen) atoms. The molecule has 1 aromatic rings. The summed E-state index contributed by atoms with van der Waals surface area (Å²) in [6.45, 7) is 1.39. The Morgan fingerprint density at radius 2 is 2.27 bits per heavy atom. The second-order valence-electron chi connectivity index (χ2n) is 6.19. The third-order valence-corrected chi connectivity index (χ3v) is 5.50. The molecule has 2 saturated heterocycles. The molecule has 0 aliphatic carbocycles. The summed E-state index contributed by atoms with van der Waals surface area (Å²) in [6.07, 6.45) is 2.47. The average Bonchev–Trinajstić information content (AvgIpc) is 3.14. The van der Waals surface area contributed by atoms with Crippen molar-refractivity contribution in [2.24, 2.45) is 0 Å². The number of amides is 1. The number of nitrogens with one attached hydrogen (secondary N) is 1. The summed E-state index contributed by atoms with van der Waals surface area (Å²) in [4.78, 5) is 37.7. The van der Waals surface area contributed by atoms with Gasteiger partial charge in [0.05, 0.1) is 22.0 Å². The van der Waals surface area contributed by atoms with Gasteiger partial charge in [0.15, 0.2) is 5.78 Å². The van der Waals surface area contributed by atoms with Crippen molar-refractivity contribution in [1.29, 1.82) is 0 Å². The molecule has 0 aromatic heterocycles. The van der Waals surface area contributed by atoms with E-state index in [0.29, 0.717) is 16.5 Å². The van der Waals surface area contributed by atoms with Gasteiger partial charge in [0, 0.05) is 31.8 Å². The van der Waals surface area contributed by atoms with E-state index in [0.717, 1.165) is 36.0 Å². The fraction of sp³-hybridized carbons (Fsp3) is 0.389. The van der Waals surface area contributed by atoms with E-state index in [1.807, 2.05) is 12.1 Å². The molecule has 2 aliphatic rings. The van der Waals surface area contributed by atoms with E-state index in [1.54, 1.807) is 12.1 Å². The van der Waals surface area contributed by atoms with Crippen LogP contribution in [-0.4, -0.2) is 49.7 Å². The molecule has 2 heterocycles. The summed E-state index contributed by atoms with van der Waals surface area (Å²) in [5.41, 5.74) is 1.62. The minimum absolute atomic E-state index is 0.0125. The topological polar surface area (TPSA) is 75.7 Å². The van der Waals surface area contributed by atoms with Crippen molar-refractivity contribution in [3.05, 3.63) is 33.7 Å². The van der Waals surface area contributed by atoms with Crippen molar-refractivity contribution in [3.8, 4) is 0 Å². The van der Waals surface area contributed by atoms with Gasteiger partial charge in [-0.25, -0.2) is 0 Å². The van der Waals surface area contributed by atoms with Crippen LogP contribution in [0.5, 0.6) is 0 Å². The van der Waals surface area contributed by atoms with Crippen molar-refractivity contribution in [1.82, 2.24) is 5.32 Å². The van der Waals surface area contributed by atoms with Gasteiger partial charge in [-0.3, -0.25) is 14.4 Å². The Morgan fingerprint density at radius 3 is 2.96 bits per heavy atom. The van der Waals surface area contributed by atoms with Crippen LogP contribution in [0.15, 0.2) is 23.1 Å². The van der Waals surface area contributed by atoms with Crippen molar-refractivity contribution in [2.45, 2.75) is 18.9 Å². The first-order chi connectivity index (χ1) is 12.5. The van der Waals surface area contributed by atoms with E-state index >= 15 is 0 Å². The number of hydrogen-bond acceptors (Lipinski definition) is 6. The van der Waals surface area contributed by atoms with E-state index in [4.69, 9.17) is 16.3 Å². The first-order valence-electron chi connectivity index (χ1n) is 8.25. The van der Waals surface area contributed by atoms with E-state index in [2.05, 4.69) is 10.2 Å². The minimum Gasteiger partial charge on any atom is -0.375 e. The maximum absolute atomic E-state index is 11.9. The molecule has 0 spiro atoms. The first-order valence-corrected chi connectivity index (χ1v) is 9.44. The van der Waals surface area contributed by atoms with Crippen LogP contribution in [0.1, 0.15) is 18.4 Å². The number of methoxy groups -OCH3 is 1. The Balaban J connectivity index is 1.80. The number of nitrogens with zero attached hydrogens (tertiary/aromatic N) is 1. The number of rotatable bonds is 5. The molecule has 2 fully saturated rings. The Morgan fingerprint density at radius 1 is 1.46 bits per heavy atom. The van der Waals surface area contributed by atoms with Crippen LogP contribution in [0.2, 0.25) is 5.02 Å². The second kappa shape index (κ2) is 8.24. The summed E-state index contributed by atoms with van der Waals surface area (Å²) in [7, 11) is 1.48. The number of anilines is 1.